The van der Waals surface area contributed by atoms with Gasteiger partial charge in [0.05, 0.1) is 13.0 Å². The van der Waals surface area contributed by atoms with E-state index in [0.29, 0.717) is 12.8 Å². The summed E-state index contributed by atoms with van der Waals surface area (Å²) < 4.78 is 43.1. The third kappa shape index (κ3) is 3.66. The standard InChI is InChI=1S/C15H20F3NO/c1-10-3-6-14(20-2)11(7-10)8-13-5-4-12(9-19-13)15(16,17)18/h3,6-7,12-13,19H,4-5,8-9H2,1-2H3. The monoisotopic (exact) mass is 287 g/mol. The van der Waals surface area contributed by atoms with E-state index >= 15 is 0 Å². The third-order valence-corrected chi connectivity index (χ3v) is 3.88. The van der Waals surface area contributed by atoms with Crippen LogP contribution < -0.4 is 10.1 Å². The van der Waals surface area contributed by atoms with Crippen LogP contribution >= 0.6 is 0 Å². The molecule has 1 fully saturated rings. The predicted octanol–water partition coefficient (Wildman–Crippen LogP) is 3.48. The molecule has 2 unspecified atom stereocenters. The average molecular weight is 287 g/mol. The molecule has 1 aromatic rings. The van der Waals surface area contributed by atoms with Crippen molar-refractivity contribution in [1.29, 1.82) is 0 Å². The van der Waals surface area contributed by atoms with Crippen LogP contribution in [0, 0.1) is 12.8 Å². The number of ether oxygens (including phenoxy) is 1. The van der Waals surface area contributed by atoms with Crippen molar-refractivity contribution < 1.29 is 17.9 Å². The van der Waals surface area contributed by atoms with E-state index in [9.17, 15) is 13.2 Å². The first-order valence-electron chi connectivity index (χ1n) is 6.83. The van der Waals surface area contributed by atoms with E-state index < -0.39 is 12.1 Å². The van der Waals surface area contributed by atoms with Gasteiger partial charge in [-0.25, -0.2) is 0 Å². The maximum Gasteiger partial charge on any atom is 0.393 e. The minimum Gasteiger partial charge on any atom is -0.496 e. The summed E-state index contributed by atoms with van der Waals surface area (Å²) >= 11 is 0. The second-order valence-corrected chi connectivity index (χ2v) is 5.44. The molecule has 0 amide bonds. The lowest BCUT2D eigenvalue weighted by Crippen LogP contribution is -2.45. The lowest BCUT2D eigenvalue weighted by atomic mass is 9.90. The summed E-state index contributed by atoms with van der Waals surface area (Å²) in [6.07, 6.45) is -2.63. The lowest BCUT2D eigenvalue weighted by Gasteiger charge is -2.31. The highest BCUT2D eigenvalue weighted by atomic mass is 19.4. The molecule has 0 aromatic heterocycles. The molecule has 0 radical (unpaired) electrons. The molecule has 1 aliphatic heterocycles. The average Bonchev–Trinajstić information content (AvgIpc) is 2.38. The Hall–Kier alpha value is -1.23. The second-order valence-electron chi connectivity index (χ2n) is 5.44. The van der Waals surface area contributed by atoms with Gasteiger partial charge in [-0.2, -0.15) is 13.2 Å². The number of benzene rings is 1. The molecule has 20 heavy (non-hydrogen) atoms. The van der Waals surface area contributed by atoms with Gasteiger partial charge in [0.25, 0.3) is 0 Å². The number of alkyl halides is 3. The van der Waals surface area contributed by atoms with Gasteiger partial charge in [0.1, 0.15) is 5.75 Å². The van der Waals surface area contributed by atoms with E-state index in [1.165, 1.54) is 0 Å². The summed E-state index contributed by atoms with van der Waals surface area (Å²) in [6, 6.07) is 6.00. The van der Waals surface area contributed by atoms with Crippen molar-refractivity contribution in [2.24, 2.45) is 5.92 Å². The Balaban J connectivity index is 1.97. The number of methoxy groups -OCH3 is 1. The fourth-order valence-electron chi connectivity index (χ4n) is 2.70. The largest absolute Gasteiger partial charge is 0.496 e. The quantitative estimate of drug-likeness (QED) is 0.919. The number of rotatable bonds is 3. The highest BCUT2D eigenvalue weighted by molar-refractivity contribution is 5.37. The van der Waals surface area contributed by atoms with Crippen molar-refractivity contribution in [3.63, 3.8) is 0 Å². The summed E-state index contributed by atoms with van der Waals surface area (Å²) in [5.74, 6) is -0.409. The van der Waals surface area contributed by atoms with Gasteiger partial charge in [-0.3, -0.25) is 0 Å². The first-order valence-corrected chi connectivity index (χ1v) is 6.83. The van der Waals surface area contributed by atoms with Crippen LogP contribution in [0.5, 0.6) is 5.75 Å². The van der Waals surface area contributed by atoms with Gasteiger partial charge in [0.2, 0.25) is 0 Å². The topological polar surface area (TPSA) is 21.3 Å². The van der Waals surface area contributed by atoms with Crippen molar-refractivity contribution >= 4 is 0 Å². The van der Waals surface area contributed by atoms with Crippen LogP contribution in [0.25, 0.3) is 0 Å². The van der Waals surface area contributed by atoms with E-state index in [0.717, 1.165) is 16.9 Å². The maximum absolute atomic E-state index is 12.6. The molecule has 1 N–H and O–H groups in total. The lowest BCUT2D eigenvalue weighted by molar-refractivity contribution is -0.179. The van der Waals surface area contributed by atoms with Gasteiger partial charge in [0, 0.05) is 12.6 Å². The second kappa shape index (κ2) is 6.04. The molecule has 2 atom stereocenters. The SMILES string of the molecule is COc1ccc(C)cc1CC1CCC(C(F)(F)F)CN1. The van der Waals surface area contributed by atoms with Crippen molar-refractivity contribution in [3.05, 3.63) is 29.3 Å². The molecular weight excluding hydrogens is 267 g/mol. The van der Waals surface area contributed by atoms with Gasteiger partial charge in [-0.1, -0.05) is 17.7 Å². The van der Waals surface area contributed by atoms with Crippen molar-refractivity contribution in [2.45, 2.75) is 38.4 Å². The zero-order chi connectivity index (χ0) is 14.8. The number of hydrogen-bond donors (Lipinski definition) is 1. The molecule has 0 aliphatic carbocycles. The minimum absolute atomic E-state index is 0.0162. The van der Waals surface area contributed by atoms with Gasteiger partial charge in [0.15, 0.2) is 0 Å². The molecule has 1 aliphatic rings. The Kier molecular flexibility index (Phi) is 4.58. The molecule has 1 saturated heterocycles. The molecule has 0 spiro atoms. The van der Waals surface area contributed by atoms with E-state index in [4.69, 9.17) is 4.74 Å². The number of piperidine rings is 1. The first kappa shape index (κ1) is 15.2. The number of hydrogen-bond acceptors (Lipinski definition) is 2. The highest BCUT2D eigenvalue weighted by Crippen LogP contribution is 2.33. The maximum atomic E-state index is 12.6. The third-order valence-electron chi connectivity index (χ3n) is 3.88. The molecule has 0 bridgehead atoms. The Morgan fingerprint density at radius 2 is 2.05 bits per heavy atom. The van der Waals surface area contributed by atoms with Crippen LogP contribution in [-0.4, -0.2) is 25.9 Å². The molecule has 1 aromatic carbocycles. The Bertz CT molecular complexity index is 451. The summed E-state index contributed by atoms with van der Waals surface area (Å²) in [7, 11) is 1.61. The minimum atomic E-state index is -4.08. The molecule has 2 nitrogen and oxygen atoms in total. The summed E-state index contributed by atoms with van der Waals surface area (Å²) in [6.45, 7) is 2.01. The summed E-state index contributed by atoms with van der Waals surface area (Å²) in [5.41, 5.74) is 2.18. The van der Waals surface area contributed by atoms with Crippen molar-refractivity contribution in [1.82, 2.24) is 5.32 Å². The van der Waals surface area contributed by atoms with Crippen LogP contribution in [0.3, 0.4) is 0 Å². The van der Waals surface area contributed by atoms with E-state index in [1.54, 1.807) is 7.11 Å². The van der Waals surface area contributed by atoms with Crippen molar-refractivity contribution in [2.75, 3.05) is 13.7 Å². The van der Waals surface area contributed by atoms with Crippen molar-refractivity contribution in [3.8, 4) is 5.75 Å². The van der Waals surface area contributed by atoms with Crippen LogP contribution in [0.2, 0.25) is 0 Å². The molecule has 2 rings (SSSR count). The number of halogens is 3. The normalized spacial score (nSPS) is 23.6. The fraction of sp³-hybridized carbons (Fsp3) is 0.600. The van der Waals surface area contributed by atoms with Crippen LogP contribution in [0.15, 0.2) is 18.2 Å². The Morgan fingerprint density at radius 1 is 1.30 bits per heavy atom. The summed E-state index contributed by atoms with van der Waals surface area (Å²) in [5, 5.41) is 3.02. The molecule has 0 saturated carbocycles. The smallest absolute Gasteiger partial charge is 0.393 e. The number of aryl methyl sites for hydroxylation is 1. The van der Waals surface area contributed by atoms with E-state index in [2.05, 4.69) is 5.32 Å². The molecule has 5 heteroatoms. The van der Waals surface area contributed by atoms with Crippen LogP contribution in [-0.2, 0) is 6.42 Å². The zero-order valence-electron chi connectivity index (χ0n) is 11.8. The van der Waals surface area contributed by atoms with Gasteiger partial charge < -0.3 is 10.1 Å². The van der Waals surface area contributed by atoms with Crippen LogP contribution in [0.1, 0.15) is 24.0 Å². The summed E-state index contributed by atoms with van der Waals surface area (Å²) in [4.78, 5) is 0. The van der Waals surface area contributed by atoms with Gasteiger partial charge in [-0.15, -0.1) is 0 Å². The molecule has 112 valence electrons. The fourth-order valence-corrected chi connectivity index (χ4v) is 2.70. The zero-order valence-corrected chi connectivity index (χ0v) is 11.8. The Labute approximate surface area is 117 Å². The van der Waals surface area contributed by atoms with Gasteiger partial charge in [-0.05, 0) is 37.8 Å². The highest BCUT2D eigenvalue weighted by Gasteiger charge is 2.41. The first-order chi connectivity index (χ1) is 9.40. The van der Waals surface area contributed by atoms with E-state index in [-0.39, 0.29) is 19.0 Å². The number of nitrogens with one attached hydrogen (secondary N) is 1. The van der Waals surface area contributed by atoms with Crippen LogP contribution in [0.4, 0.5) is 13.2 Å². The molecule has 1 heterocycles. The van der Waals surface area contributed by atoms with E-state index in [1.807, 2.05) is 25.1 Å². The van der Waals surface area contributed by atoms with Gasteiger partial charge >= 0.3 is 6.18 Å². The Morgan fingerprint density at radius 3 is 2.60 bits per heavy atom. The molecular formula is C15H20F3NO. The predicted molar refractivity (Wildman–Crippen MR) is 72.0 cm³/mol.